The molecule has 0 saturated heterocycles. The summed E-state index contributed by atoms with van der Waals surface area (Å²) in [6, 6.07) is 9.96. The van der Waals surface area contributed by atoms with E-state index in [1.54, 1.807) is 6.92 Å². The summed E-state index contributed by atoms with van der Waals surface area (Å²) in [5.41, 5.74) is 1.12. The monoisotopic (exact) mass is 222 g/mol. The van der Waals surface area contributed by atoms with Crippen molar-refractivity contribution < 1.29 is 14.2 Å². The van der Waals surface area contributed by atoms with Crippen molar-refractivity contribution in [3.05, 3.63) is 48.7 Å². The second kappa shape index (κ2) is 7.04. The lowest BCUT2D eigenvalue weighted by atomic mass is 10.2. The van der Waals surface area contributed by atoms with Gasteiger partial charge in [-0.1, -0.05) is 36.9 Å². The minimum atomic E-state index is -0.344. The Morgan fingerprint density at radius 2 is 1.88 bits per heavy atom. The standard InChI is InChI=1S/C13H18O3/c1-4-14-11(2)16-12(3)15-10-13-8-6-5-7-9-13/h4-9,11-12H,1,10H2,2-3H3. The predicted octanol–water partition coefficient (Wildman–Crippen LogP) is 3.07. The molecule has 1 rings (SSSR count). The van der Waals surface area contributed by atoms with Crippen molar-refractivity contribution in [2.45, 2.75) is 33.0 Å². The Morgan fingerprint density at radius 1 is 1.19 bits per heavy atom. The minimum Gasteiger partial charge on any atom is -0.473 e. The fourth-order valence-electron chi connectivity index (χ4n) is 1.26. The molecule has 88 valence electrons. The number of ether oxygens (including phenoxy) is 3. The first kappa shape index (κ1) is 12.7. The SMILES string of the molecule is C=COC(C)OC(C)OCc1ccccc1. The van der Waals surface area contributed by atoms with Gasteiger partial charge in [0, 0.05) is 0 Å². The Balaban J connectivity index is 2.25. The summed E-state index contributed by atoms with van der Waals surface area (Å²) >= 11 is 0. The largest absolute Gasteiger partial charge is 0.473 e. The van der Waals surface area contributed by atoms with Crippen molar-refractivity contribution in [2.75, 3.05) is 0 Å². The number of hydrogen-bond acceptors (Lipinski definition) is 3. The van der Waals surface area contributed by atoms with Gasteiger partial charge in [-0.25, -0.2) is 0 Å². The first-order chi connectivity index (χ1) is 7.72. The lowest BCUT2D eigenvalue weighted by Gasteiger charge is -2.18. The molecule has 3 heteroatoms. The fraction of sp³-hybridized carbons (Fsp3) is 0.385. The third-order valence-corrected chi connectivity index (χ3v) is 2.00. The molecular formula is C13H18O3. The molecule has 0 fully saturated rings. The summed E-state index contributed by atoms with van der Waals surface area (Å²) < 4.78 is 15.9. The predicted molar refractivity (Wildman–Crippen MR) is 62.5 cm³/mol. The van der Waals surface area contributed by atoms with E-state index in [0.717, 1.165) is 5.56 Å². The fourth-order valence-corrected chi connectivity index (χ4v) is 1.26. The van der Waals surface area contributed by atoms with Crippen molar-refractivity contribution in [2.24, 2.45) is 0 Å². The third-order valence-electron chi connectivity index (χ3n) is 2.00. The molecule has 0 heterocycles. The average molecular weight is 222 g/mol. The quantitative estimate of drug-likeness (QED) is 0.524. The number of hydrogen-bond donors (Lipinski definition) is 0. The van der Waals surface area contributed by atoms with Crippen LogP contribution in [0, 0.1) is 0 Å². The minimum absolute atomic E-state index is 0.310. The molecule has 0 bridgehead atoms. The molecular weight excluding hydrogens is 204 g/mol. The molecule has 0 aliphatic carbocycles. The maximum absolute atomic E-state index is 5.51. The van der Waals surface area contributed by atoms with Crippen LogP contribution in [0.2, 0.25) is 0 Å². The highest BCUT2D eigenvalue weighted by atomic mass is 16.8. The Morgan fingerprint density at radius 3 is 2.50 bits per heavy atom. The lowest BCUT2D eigenvalue weighted by Crippen LogP contribution is -2.20. The molecule has 0 N–H and O–H groups in total. The van der Waals surface area contributed by atoms with Gasteiger partial charge in [-0.15, -0.1) is 0 Å². The molecule has 2 atom stereocenters. The van der Waals surface area contributed by atoms with Crippen LogP contribution in [-0.4, -0.2) is 12.6 Å². The highest BCUT2D eigenvalue weighted by Gasteiger charge is 2.08. The molecule has 0 saturated carbocycles. The van der Waals surface area contributed by atoms with Gasteiger partial charge in [0.1, 0.15) is 0 Å². The molecule has 1 aromatic carbocycles. The van der Waals surface area contributed by atoms with Gasteiger partial charge < -0.3 is 14.2 Å². The van der Waals surface area contributed by atoms with E-state index in [2.05, 4.69) is 6.58 Å². The van der Waals surface area contributed by atoms with Gasteiger partial charge in [0.2, 0.25) is 0 Å². The van der Waals surface area contributed by atoms with Crippen molar-refractivity contribution in [1.82, 2.24) is 0 Å². The first-order valence-electron chi connectivity index (χ1n) is 5.29. The summed E-state index contributed by atoms with van der Waals surface area (Å²) in [6.07, 6.45) is 0.702. The summed E-state index contributed by atoms with van der Waals surface area (Å²) in [4.78, 5) is 0. The van der Waals surface area contributed by atoms with Crippen molar-refractivity contribution in [1.29, 1.82) is 0 Å². The molecule has 2 unspecified atom stereocenters. The van der Waals surface area contributed by atoms with Crippen LogP contribution < -0.4 is 0 Å². The number of rotatable bonds is 7. The summed E-state index contributed by atoms with van der Waals surface area (Å²) in [7, 11) is 0. The molecule has 0 spiro atoms. The molecule has 0 amide bonds. The molecule has 0 aliphatic rings. The normalized spacial score (nSPS) is 14.1. The molecule has 3 nitrogen and oxygen atoms in total. The number of benzene rings is 1. The molecule has 16 heavy (non-hydrogen) atoms. The average Bonchev–Trinajstić information content (AvgIpc) is 2.28. The second-order valence-electron chi connectivity index (χ2n) is 3.37. The maximum Gasteiger partial charge on any atom is 0.198 e. The van der Waals surface area contributed by atoms with Crippen LogP contribution >= 0.6 is 0 Å². The topological polar surface area (TPSA) is 27.7 Å². The van der Waals surface area contributed by atoms with E-state index >= 15 is 0 Å². The highest BCUT2D eigenvalue weighted by molar-refractivity contribution is 5.13. The lowest BCUT2D eigenvalue weighted by molar-refractivity contribution is -0.219. The molecule has 0 aromatic heterocycles. The Hall–Kier alpha value is -1.32. The van der Waals surface area contributed by atoms with E-state index in [1.807, 2.05) is 37.3 Å². The summed E-state index contributed by atoms with van der Waals surface area (Å²) in [5.74, 6) is 0. The zero-order chi connectivity index (χ0) is 11.8. The van der Waals surface area contributed by atoms with Gasteiger partial charge in [0.15, 0.2) is 12.6 Å². The van der Waals surface area contributed by atoms with Crippen LogP contribution in [0.15, 0.2) is 43.2 Å². The second-order valence-corrected chi connectivity index (χ2v) is 3.37. The summed E-state index contributed by atoms with van der Waals surface area (Å²) in [6.45, 7) is 7.62. The van der Waals surface area contributed by atoms with Crippen LogP contribution in [0.4, 0.5) is 0 Å². The van der Waals surface area contributed by atoms with E-state index in [9.17, 15) is 0 Å². The van der Waals surface area contributed by atoms with Crippen LogP contribution in [-0.2, 0) is 20.8 Å². The van der Waals surface area contributed by atoms with E-state index in [4.69, 9.17) is 14.2 Å². The summed E-state index contributed by atoms with van der Waals surface area (Å²) in [5, 5.41) is 0. The molecule has 0 radical (unpaired) electrons. The van der Waals surface area contributed by atoms with E-state index < -0.39 is 0 Å². The van der Waals surface area contributed by atoms with Crippen LogP contribution in [0.3, 0.4) is 0 Å². The van der Waals surface area contributed by atoms with Crippen LogP contribution in [0.1, 0.15) is 19.4 Å². The van der Waals surface area contributed by atoms with Crippen molar-refractivity contribution in [3.63, 3.8) is 0 Å². The van der Waals surface area contributed by atoms with Gasteiger partial charge in [-0.05, 0) is 19.4 Å². The zero-order valence-corrected chi connectivity index (χ0v) is 9.76. The van der Waals surface area contributed by atoms with Crippen molar-refractivity contribution >= 4 is 0 Å². The van der Waals surface area contributed by atoms with Gasteiger partial charge in [-0.2, -0.15) is 0 Å². The Bertz CT molecular complexity index is 297. The maximum atomic E-state index is 5.51. The molecule has 1 aromatic rings. The van der Waals surface area contributed by atoms with E-state index in [1.165, 1.54) is 6.26 Å². The van der Waals surface area contributed by atoms with Crippen LogP contribution in [0.5, 0.6) is 0 Å². The van der Waals surface area contributed by atoms with E-state index in [0.29, 0.717) is 6.61 Å². The van der Waals surface area contributed by atoms with Crippen LogP contribution in [0.25, 0.3) is 0 Å². The Labute approximate surface area is 96.6 Å². The highest BCUT2D eigenvalue weighted by Crippen LogP contribution is 2.06. The smallest absolute Gasteiger partial charge is 0.198 e. The van der Waals surface area contributed by atoms with Gasteiger partial charge >= 0.3 is 0 Å². The first-order valence-corrected chi connectivity index (χ1v) is 5.29. The third kappa shape index (κ3) is 4.96. The molecule has 0 aliphatic heterocycles. The van der Waals surface area contributed by atoms with Gasteiger partial charge in [0.25, 0.3) is 0 Å². The van der Waals surface area contributed by atoms with Gasteiger partial charge in [0.05, 0.1) is 12.9 Å². The van der Waals surface area contributed by atoms with Crippen molar-refractivity contribution in [3.8, 4) is 0 Å². The van der Waals surface area contributed by atoms with Gasteiger partial charge in [-0.3, -0.25) is 0 Å². The van der Waals surface area contributed by atoms with E-state index in [-0.39, 0.29) is 12.6 Å². The zero-order valence-electron chi connectivity index (χ0n) is 9.76. The Kier molecular flexibility index (Phi) is 5.61.